The second-order valence-corrected chi connectivity index (χ2v) is 7.23. The molecule has 2 aromatic carbocycles. The number of rotatable bonds is 5. The zero-order chi connectivity index (χ0) is 20.1. The van der Waals surface area contributed by atoms with Gasteiger partial charge < -0.3 is 20.1 Å². The van der Waals surface area contributed by atoms with Gasteiger partial charge in [-0.15, -0.1) is 11.8 Å². The first kappa shape index (κ1) is 19.8. The Hall–Kier alpha value is -3.00. The number of nitrogens with one attached hydrogen (secondary N) is 2. The molecule has 0 bridgehead atoms. The van der Waals surface area contributed by atoms with Crippen LogP contribution >= 0.6 is 11.8 Å². The maximum atomic E-state index is 12.4. The van der Waals surface area contributed by atoms with Crippen molar-refractivity contribution in [1.29, 1.82) is 0 Å². The molecule has 1 aliphatic rings. The first-order valence-electron chi connectivity index (χ1n) is 8.69. The van der Waals surface area contributed by atoms with Gasteiger partial charge in [0.2, 0.25) is 5.91 Å². The molecule has 146 valence electrons. The van der Waals surface area contributed by atoms with Crippen molar-refractivity contribution < 1.29 is 23.9 Å². The minimum absolute atomic E-state index is 0.0960. The van der Waals surface area contributed by atoms with E-state index in [9.17, 15) is 14.4 Å². The van der Waals surface area contributed by atoms with Gasteiger partial charge in [-0.25, -0.2) is 4.79 Å². The minimum Gasteiger partial charge on any atom is -0.495 e. The zero-order valence-corrected chi connectivity index (χ0v) is 16.3. The van der Waals surface area contributed by atoms with Gasteiger partial charge in [0.15, 0.2) is 6.10 Å². The van der Waals surface area contributed by atoms with E-state index in [4.69, 9.17) is 9.47 Å². The van der Waals surface area contributed by atoms with E-state index in [-0.39, 0.29) is 11.5 Å². The highest BCUT2D eigenvalue weighted by atomic mass is 32.2. The molecular formula is C20H20N2O5S. The molecule has 7 nitrogen and oxygen atoms in total. The van der Waals surface area contributed by atoms with E-state index in [0.29, 0.717) is 29.3 Å². The number of fused-ring (bicyclic) bond motifs is 1. The van der Waals surface area contributed by atoms with Gasteiger partial charge in [0.1, 0.15) is 5.75 Å². The fourth-order valence-corrected chi connectivity index (χ4v) is 3.55. The number of hydrogen-bond donors (Lipinski definition) is 2. The predicted octanol–water partition coefficient (Wildman–Crippen LogP) is 3.31. The van der Waals surface area contributed by atoms with Gasteiger partial charge in [0.05, 0.1) is 24.0 Å². The third kappa shape index (κ3) is 4.64. The van der Waals surface area contributed by atoms with E-state index < -0.39 is 18.0 Å². The lowest BCUT2D eigenvalue weighted by Crippen LogP contribution is -2.30. The van der Waals surface area contributed by atoms with Crippen LogP contribution in [0.15, 0.2) is 47.4 Å². The van der Waals surface area contributed by atoms with E-state index in [1.807, 2.05) is 0 Å². The van der Waals surface area contributed by atoms with Crippen molar-refractivity contribution in [3.63, 3.8) is 0 Å². The first-order chi connectivity index (χ1) is 13.5. The van der Waals surface area contributed by atoms with Crippen molar-refractivity contribution >= 4 is 40.9 Å². The smallest absolute Gasteiger partial charge is 0.338 e. The van der Waals surface area contributed by atoms with Gasteiger partial charge in [-0.3, -0.25) is 9.59 Å². The average Bonchev–Trinajstić information content (AvgIpc) is 2.88. The Labute approximate surface area is 166 Å². The van der Waals surface area contributed by atoms with Crippen LogP contribution in [0.4, 0.5) is 11.4 Å². The highest BCUT2D eigenvalue weighted by molar-refractivity contribution is 7.99. The van der Waals surface area contributed by atoms with Crippen LogP contribution in [0.3, 0.4) is 0 Å². The fourth-order valence-electron chi connectivity index (χ4n) is 2.61. The second kappa shape index (κ2) is 8.79. The lowest BCUT2D eigenvalue weighted by molar-refractivity contribution is -0.123. The number of carbonyl (C=O) groups excluding carboxylic acids is 3. The van der Waals surface area contributed by atoms with Crippen LogP contribution in [-0.4, -0.2) is 36.8 Å². The van der Waals surface area contributed by atoms with Crippen LogP contribution < -0.4 is 15.4 Å². The number of amides is 2. The van der Waals surface area contributed by atoms with E-state index >= 15 is 0 Å². The molecule has 0 fully saturated rings. The highest BCUT2D eigenvalue weighted by Crippen LogP contribution is 2.31. The van der Waals surface area contributed by atoms with Gasteiger partial charge in [-0.05, 0) is 37.3 Å². The fraction of sp³-hybridized carbons (Fsp3) is 0.250. The van der Waals surface area contributed by atoms with Crippen LogP contribution in [-0.2, 0) is 14.3 Å². The molecule has 0 saturated heterocycles. The lowest BCUT2D eigenvalue weighted by Gasteiger charge is -2.15. The molecule has 28 heavy (non-hydrogen) atoms. The monoisotopic (exact) mass is 400 g/mol. The topological polar surface area (TPSA) is 93.7 Å². The number of carbonyl (C=O) groups is 3. The number of esters is 1. The van der Waals surface area contributed by atoms with Crippen molar-refractivity contribution in [2.24, 2.45) is 0 Å². The molecule has 0 spiro atoms. The van der Waals surface area contributed by atoms with Crippen LogP contribution in [0.2, 0.25) is 0 Å². The Morgan fingerprint density at radius 3 is 2.79 bits per heavy atom. The molecule has 2 amide bonds. The maximum Gasteiger partial charge on any atom is 0.338 e. The Kier molecular flexibility index (Phi) is 6.20. The summed E-state index contributed by atoms with van der Waals surface area (Å²) in [4.78, 5) is 37.4. The third-order valence-electron chi connectivity index (χ3n) is 4.09. The largest absolute Gasteiger partial charge is 0.495 e. The summed E-state index contributed by atoms with van der Waals surface area (Å²) in [6.07, 6.45) is -0.598. The molecule has 1 heterocycles. The number of thioether (sulfide) groups is 1. The van der Waals surface area contributed by atoms with Gasteiger partial charge in [0.25, 0.3) is 5.91 Å². The summed E-state index contributed by atoms with van der Waals surface area (Å²) >= 11 is 1.55. The molecule has 8 heteroatoms. The summed E-state index contributed by atoms with van der Waals surface area (Å²) in [6.45, 7) is 1.49. The Morgan fingerprint density at radius 1 is 1.21 bits per heavy atom. The van der Waals surface area contributed by atoms with Crippen molar-refractivity contribution in [1.82, 2.24) is 0 Å². The molecule has 2 aromatic rings. The van der Waals surface area contributed by atoms with Crippen LogP contribution in [0.1, 0.15) is 23.7 Å². The van der Waals surface area contributed by atoms with E-state index in [0.717, 1.165) is 4.90 Å². The molecule has 0 radical (unpaired) electrons. The van der Waals surface area contributed by atoms with Crippen molar-refractivity contribution in [2.45, 2.75) is 24.3 Å². The molecule has 0 aromatic heterocycles. The summed E-state index contributed by atoms with van der Waals surface area (Å²) in [6, 6.07) is 11.9. The van der Waals surface area contributed by atoms with Gasteiger partial charge in [-0.2, -0.15) is 0 Å². The van der Waals surface area contributed by atoms with Gasteiger partial charge in [0, 0.05) is 17.1 Å². The van der Waals surface area contributed by atoms with Crippen LogP contribution in [0.25, 0.3) is 0 Å². The molecular weight excluding hydrogens is 380 g/mol. The number of benzene rings is 2. The van der Waals surface area contributed by atoms with Crippen LogP contribution in [0, 0.1) is 0 Å². The third-order valence-corrected chi connectivity index (χ3v) is 5.17. The van der Waals surface area contributed by atoms with Gasteiger partial charge in [-0.1, -0.05) is 12.1 Å². The number of hydrogen-bond acceptors (Lipinski definition) is 6. The maximum absolute atomic E-state index is 12.4. The summed E-state index contributed by atoms with van der Waals surface area (Å²) in [5.41, 5.74) is 1.33. The summed E-state index contributed by atoms with van der Waals surface area (Å²) < 4.78 is 10.5. The average molecular weight is 400 g/mol. The van der Waals surface area contributed by atoms with Gasteiger partial charge >= 0.3 is 5.97 Å². The Balaban J connectivity index is 1.67. The summed E-state index contributed by atoms with van der Waals surface area (Å²) in [5, 5.41) is 5.46. The molecule has 0 saturated carbocycles. The number of ether oxygens (including phenoxy) is 2. The number of para-hydroxylation sites is 2. The molecule has 3 rings (SSSR count). The Bertz CT molecular complexity index is 915. The minimum atomic E-state index is -1.01. The first-order valence-corrected chi connectivity index (χ1v) is 9.68. The van der Waals surface area contributed by atoms with E-state index in [2.05, 4.69) is 10.6 Å². The van der Waals surface area contributed by atoms with Crippen molar-refractivity contribution in [3.8, 4) is 5.75 Å². The zero-order valence-electron chi connectivity index (χ0n) is 15.5. The van der Waals surface area contributed by atoms with E-state index in [1.54, 1.807) is 54.2 Å². The van der Waals surface area contributed by atoms with Crippen molar-refractivity contribution in [3.05, 3.63) is 48.0 Å². The Morgan fingerprint density at radius 2 is 2.00 bits per heavy atom. The second-order valence-electron chi connectivity index (χ2n) is 6.09. The summed E-state index contributed by atoms with van der Waals surface area (Å²) in [5.74, 6) is -0.0249. The molecule has 0 aliphatic carbocycles. The summed E-state index contributed by atoms with van der Waals surface area (Å²) in [7, 11) is 1.50. The molecule has 1 atom stereocenters. The predicted molar refractivity (Wildman–Crippen MR) is 107 cm³/mol. The van der Waals surface area contributed by atoms with Crippen molar-refractivity contribution in [2.75, 3.05) is 23.5 Å². The normalized spacial score (nSPS) is 14.1. The number of methoxy groups -OCH3 is 1. The quantitative estimate of drug-likeness (QED) is 0.748. The number of anilines is 2. The van der Waals surface area contributed by atoms with Crippen LogP contribution in [0.5, 0.6) is 5.75 Å². The van der Waals surface area contributed by atoms with E-state index in [1.165, 1.54) is 14.0 Å². The molecule has 2 N–H and O–H groups in total. The lowest BCUT2D eigenvalue weighted by atomic mass is 10.2. The SMILES string of the molecule is COc1ccccc1NC(=O)[C@@H](C)OC(=O)c1ccc2c(c1)NC(=O)CCS2. The highest BCUT2D eigenvalue weighted by Gasteiger charge is 2.22. The standard InChI is InChI=1S/C20H20N2O5S/c1-12(19(24)22-14-5-3-4-6-16(14)26-2)27-20(25)13-7-8-17-15(11-13)21-18(23)9-10-28-17/h3-8,11-12H,9-10H2,1-2H3,(H,21,23)(H,22,24)/t12-/m1/s1. The molecule has 0 unspecified atom stereocenters. The molecule has 1 aliphatic heterocycles.